The van der Waals surface area contributed by atoms with Gasteiger partial charge in [0.1, 0.15) is 0 Å². The maximum Gasteiger partial charge on any atom is 0.220 e. The normalized spacial score (nSPS) is 16.7. The van der Waals surface area contributed by atoms with Gasteiger partial charge in [0.15, 0.2) is 11.5 Å². The van der Waals surface area contributed by atoms with Gasteiger partial charge in [0.05, 0.1) is 20.3 Å². The lowest BCUT2D eigenvalue weighted by atomic mass is 9.88. The molecule has 0 fully saturated rings. The standard InChI is InChI=1S/C18H20N2O3/c1-12(21)20-8-6-13-9-16(22-2)17(23-3)10-15(13)18(20)14-5-4-7-19-11-14/h4-5,7,9-11,18H,6,8H2,1-3H3/t18-/m0/s1. The van der Waals surface area contributed by atoms with Gasteiger partial charge in [0.25, 0.3) is 0 Å². The maximum absolute atomic E-state index is 12.1. The molecule has 1 amide bonds. The Hall–Kier alpha value is -2.56. The molecule has 0 saturated heterocycles. The average molecular weight is 312 g/mol. The largest absolute Gasteiger partial charge is 0.493 e. The zero-order valence-corrected chi connectivity index (χ0v) is 13.6. The molecule has 0 radical (unpaired) electrons. The van der Waals surface area contributed by atoms with Gasteiger partial charge in [-0.3, -0.25) is 9.78 Å². The lowest BCUT2D eigenvalue weighted by Gasteiger charge is -2.37. The van der Waals surface area contributed by atoms with Crippen molar-refractivity contribution in [2.75, 3.05) is 20.8 Å². The molecule has 2 heterocycles. The molecule has 5 nitrogen and oxygen atoms in total. The van der Waals surface area contributed by atoms with Gasteiger partial charge in [-0.15, -0.1) is 0 Å². The van der Waals surface area contributed by atoms with Crippen LogP contribution >= 0.6 is 0 Å². The number of pyridine rings is 1. The number of methoxy groups -OCH3 is 2. The Bertz CT molecular complexity index is 716. The van der Waals surface area contributed by atoms with Gasteiger partial charge >= 0.3 is 0 Å². The smallest absolute Gasteiger partial charge is 0.220 e. The molecule has 23 heavy (non-hydrogen) atoms. The quantitative estimate of drug-likeness (QED) is 0.874. The number of hydrogen-bond acceptors (Lipinski definition) is 4. The van der Waals surface area contributed by atoms with Crippen LogP contribution in [0.2, 0.25) is 0 Å². The monoisotopic (exact) mass is 312 g/mol. The van der Waals surface area contributed by atoms with Crippen molar-refractivity contribution in [3.63, 3.8) is 0 Å². The highest BCUT2D eigenvalue weighted by atomic mass is 16.5. The average Bonchev–Trinajstić information content (AvgIpc) is 2.59. The summed E-state index contributed by atoms with van der Waals surface area (Å²) in [5.74, 6) is 1.44. The minimum atomic E-state index is -0.148. The number of fused-ring (bicyclic) bond motifs is 1. The van der Waals surface area contributed by atoms with E-state index in [-0.39, 0.29) is 11.9 Å². The topological polar surface area (TPSA) is 51.7 Å². The molecular weight excluding hydrogens is 292 g/mol. The number of carbonyl (C=O) groups excluding carboxylic acids is 1. The molecule has 1 aromatic carbocycles. The first-order chi connectivity index (χ1) is 11.2. The molecule has 2 aromatic rings. The van der Waals surface area contributed by atoms with Crippen LogP contribution in [0.4, 0.5) is 0 Å². The van der Waals surface area contributed by atoms with Crippen molar-refractivity contribution in [3.8, 4) is 11.5 Å². The second kappa shape index (κ2) is 6.28. The lowest BCUT2D eigenvalue weighted by Crippen LogP contribution is -2.39. The zero-order valence-electron chi connectivity index (χ0n) is 13.6. The van der Waals surface area contributed by atoms with Crippen LogP contribution < -0.4 is 9.47 Å². The number of aromatic nitrogens is 1. The summed E-state index contributed by atoms with van der Waals surface area (Å²) in [5, 5.41) is 0. The first-order valence-electron chi connectivity index (χ1n) is 7.57. The van der Waals surface area contributed by atoms with Gasteiger partial charge in [0.2, 0.25) is 5.91 Å². The van der Waals surface area contributed by atoms with E-state index in [0.29, 0.717) is 18.0 Å². The summed E-state index contributed by atoms with van der Waals surface area (Å²) < 4.78 is 10.8. The van der Waals surface area contributed by atoms with Crippen LogP contribution in [0.3, 0.4) is 0 Å². The Morgan fingerprint density at radius 2 is 2.00 bits per heavy atom. The summed E-state index contributed by atoms with van der Waals surface area (Å²) in [5.41, 5.74) is 3.24. The summed E-state index contributed by atoms with van der Waals surface area (Å²) in [7, 11) is 3.25. The minimum Gasteiger partial charge on any atom is -0.493 e. The fourth-order valence-corrected chi connectivity index (χ4v) is 3.18. The van der Waals surface area contributed by atoms with Crippen LogP contribution in [0.15, 0.2) is 36.7 Å². The summed E-state index contributed by atoms with van der Waals surface area (Å²) in [6, 6.07) is 7.72. The van der Waals surface area contributed by atoms with Gasteiger partial charge in [-0.1, -0.05) is 6.07 Å². The zero-order chi connectivity index (χ0) is 16.4. The summed E-state index contributed by atoms with van der Waals surface area (Å²) in [6.07, 6.45) is 4.35. The van der Waals surface area contributed by atoms with E-state index in [2.05, 4.69) is 4.98 Å². The van der Waals surface area contributed by atoms with Gasteiger partial charge in [-0.25, -0.2) is 0 Å². The third kappa shape index (κ3) is 2.74. The first kappa shape index (κ1) is 15.3. The molecule has 0 saturated carbocycles. The van der Waals surface area contributed by atoms with Crippen molar-refractivity contribution in [1.82, 2.24) is 9.88 Å². The number of ether oxygens (including phenoxy) is 2. The van der Waals surface area contributed by atoms with Crippen molar-refractivity contribution in [2.24, 2.45) is 0 Å². The summed E-state index contributed by atoms with van der Waals surface area (Å²) in [6.45, 7) is 2.28. The van der Waals surface area contributed by atoms with Crippen molar-refractivity contribution in [1.29, 1.82) is 0 Å². The molecule has 1 aromatic heterocycles. The van der Waals surface area contributed by atoms with E-state index in [1.54, 1.807) is 27.3 Å². The summed E-state index contributed by atoms with van der Waals surface area (Å²) >= 11 is 0. The number of benzene rings is 1. The van der Waals surface area contributed by atoms with Crippen molar-refractivity contribution < 1.29 is 14.3 Å². The number of amides is 1. The van der Waals surface area contributed by atoms with Gasteiger partial charge < -0.3 is 14.4 Å². The van der Waals surface area contributed by atoms with Crippen molar-refractivity contribution in [2.45, 2.75) is 19.4 Å². The SMILES string of the molecule is COc1cc2c(cc1OC)[C@H](c1cccnc1)N(C(C)=O)CC2. The summed E-state index contributed by atoms with van der Waals surface area (Å²) in [4.78, 5) is 18.2. The maximum atomic E-state index is 12.1. The molecule has 0 bridgehead atoms. The van der Waals surface area contributed by atoms with Crippen LogP contribution in [0, 0.1) is 0 Å². The Morgan fingerprint density at radius 3 is 2.61 bits per heavy atom. The molecule has 0 spiro atoms. The molecule has 1 aliphatic rings. The highest BCUT2D eigenvalue weighted by Crippen LogP contribution is 2.40. The third-order valence-corrected chi connectivity index (χ3v) is 4.28. The first-order valence-corrected chi connectivity index (χ1v) is 7.57. The Morgan fingerprint density at radius 1 is 1.26 bits per heavy atom. The molecule has 0 N–H and O–H groups in total. The Labute approximate surface area is 135 Å². The van der Waals surface area contributed by atoms with Gasteiger partial charge in [-0.05, 0) is 41.3 Å². The molecule has 0 aliphatic carbocycles. The molecule has 120 valence electrons. The fraction of sp³-hybridized carbons (Fsp3) is 0.333. The number of carbonyl (C=O) groups is 1. The predicted molar refractivity (Wildman–Crippen MR) is 86.7 cm³/mol. The Kier molecular flexibility index (Phi) is 4.19. The molecule has 1 aliphatic heterocycles. The predicted octanol–water partition coefficient (Wildman–Crippen LogP) is 2.59. The van der Waals surface area contributed by atoms with Crippen LogP contribution in [0.5, 0.6) is 11.5 Å². The second-order valence-electron chi connectivity index (χ2n) is 5.56. The highest BCUT2D eigenvalue weighted by Gasteiger charge is 2.31. The van der Waals surface area contributed by atoms with Crippen LogP contribution in [-0.2, 0) is 11.2 Å². The highest BCUT2D eigenvalue weighted by molar-refractivity contribution is 5.75. The van der Waals surface area contributed by atoms with Gasteiger partial charge in [0, 0.05) is 25.9 Å². The van der Waals surface area contributed by atoms with Crippen LogP contribution in [0.25, 0.3) is 0 Å². The van der Waals surface area contributed by atoms with E-state index in [4.69, 9.17) is 9.47 Å². The van der Waals surface area contributed by atoms with Crippen LogP contribution in [0.1, 0.15) is 29.7 Å². The lowest BCUT2D eigenvalue weighted by molar-refractivity contribution is -0.130. The molecule has 0 unspecified atom stereocenters. The fourth-order valence-electron chi connectivity index (χ4n) is 3.18. The second-order valence-corrected chi connectivity index (χ2v) is 5.56. The van der Waals surface area contributed by atoms with E-state index in [1.807, 2.05) is 35.4 Å². The number of nitrogens with zero attached hydrogens (tertiary/aromatic N) is 2. The molecule has 5 heteroatoms. The van der Waals surface area contributed by atoms with E-state index < -0.39 is 0 Å². The van der Waals surface area contributed by atoms with Crippen LogP contribution in [-0.4, -0.2) is 36.6 Å². The number of hydrogen-bond donors (Lipinski definition) is 0. The van der Waals surface area contributed by atoms with Crippen molar-refractivity contribution in [3.05, 3.63) is 53.3 Å². The molecule has 3 rings (SSSR count). The third-order valence-electron chi connectivity index (χ3n) is 4.28. The molecule has 1 atom stereocenters. The minimum absolute atomic E-state index is 0.0549. The van der Waals surface area contributed by atoms with Gasteiger partial charge in [-0.2, -0.15) is 0 Å². The number of rotatable bonds is 3. The van der Waals surface area contributed by atoms with E-state index in [0.717, 1.165) is 17.5 Å². The van der Waals surface area contributed by atoms with E-state index in [1.165, 1.54) is 5.56 Å². The van der Waals surface area contributed by atoms with Crippen molar-refractivity contribution >= 4 is 5.91 Å². The van der Waals surface area contributed by atoms with E-state index >= 15 is 0 Å². The van der Waals surface area contributed by atoms with E-state index in [9.17, 15) is 4.79 Å². The Balaban J connectivity index is 2.17. The molecular formula is C18H20N2O3.